The van der Waals surface area contributed by atoms with E-state index in [1.54, 1.807) is 6.07 Å². The molecule has 33 heavy (non-hydrogen) atoms. The zero-order valence-corrected chi connectivity index (χ0v) is 20.4. The van der Waals surface area contributed by atoms with Gasteiger partial charge in [0, 0.05) is 37.8 Å². The minimum absolute atomic E-state index is 0.0222. The molecule has 0 fully saturated rings. The number of nitro groups is 1. The van der Waals surface area contributed by atoms with E-state index in [0.29, 0.717) is 22.6 Å². The van der Waals surface area contributed by atoms with Gasteiger partial charge in [0.05, 0.1) is 20.0 Å². The van der Waals surface area contributed by atoms with E-state index in [1.807, 2.05) is 18.4 Å². The van der Waals surface area contributed by atoms with Gasteiger partial charge in [-0.1, -0.05) is 31.6 Å². The van der Waals surface area contributed by atoms with E-state index in [9.17, 15) is 23.3 Å². The van der Waals surface area contributed by atoms with E-state index < -0.39 is 20.9 Å². The van der Waals surface area contributed by atoms with Crippen molar-refractivity contribution in [1.29, 1.82) is 0 Å². The zero-order valence-electron chi connectivity index (χ0n) is 18.7. The summed E-state index contributed by atoms with van der Waals surface area (Å²) in [5.74, 6) is -0.510. The second-order valence-electron chi connectivity index (χ2n) is 7.57. The molecule has 0 atom stereocenters. The van der Waals surface area contributed by atoms with Gasteiger partial charge in [-0.2, -0.15) is 4.99 Å². The lowest BCUT2D eigenvalue weighted by Gasteiger charge is -2.16. The molecule has 0 radical (unpaired) electrons. The number of unbranched alkanes of at least 4 members (excludes halogenated alkanes) is 1. The Bertz CT molecular complexity index is 1340. The molecule has 1 heterocycles. The number of non-ortho nitro benzene ring substituents is 1. The van der Waals surface area contributed by atoms with Crippen molar-refractivity contribution in [2.75, 3.05) is 13.6 Å². The van der Waals surface area contributed by atoms with Gasteiger partial charge in [-0.3, -0.25) is 14.9 Å². The van der Waals surface area contributed by atoms with Crippen LogP contribution in [0.5, 0.6) is 0 Å². The highest BCUT2D eigenvalue weighted by Crippen LogP contribution is 2.24. The summed E-state index contributed by atoms with van der Waals surface area (Å²) in [5, 5.41) is 11.1. The second kappa shape index (κ2) is 10.4. The lowest BCUT2D eigenvalue weighted by atomic mass is 10.2. The molecule has 0 saturated carbocycles. The van der Waals surface area contributed by atoms with Gasteiger partial charge in [-0.05, 0) is 43.2 Å². The van der Waals surface area contributed by atoms with Crippen LogP contribution in [0.15, 0.2) is 52.4 Å². The summed E-state index contributed by atoms with van der Waals surface area (Å²) in [6.07, 6.45) is 2.45. The summed E-state index contributed by atoms with van der Waals surface area (Å²) in [4.78, 5) is 28.3. The van der Waals surface area contributed by atoms with Crippen LogP contribution in [0.4, 0.5) is 5.69 Å². The van der Waals surface area contributed by atoms with E-state index in [4.69, 9.17) is 0 Å². The molecule has 3 aromatic rings. The molecule has 1 aromatic heterocycles. The number of fused-ring (bicyclic) bond motifs is 1. The van der Waals surface area contributed by atoms with Crippen LogP contribution in [0.3, 0.4) is 0 Å². The van der Waals surface area contributed by atoms with Crippen molar-refractivity contribution in [2.45, 2.75) is 44.6 Å². The van der Waals surface area contributed by atoms with Gasteiger partial charge in [-0.15, -0.1) is 0 Å². The SMILES string of the molecule is CCCCN(C)S(=O)(=O)c1ccc(C(=O)N=c2sc3cc([N+](=O)[O-])ccc3n2CCC)cc1. The average Bonchev–Trinajstić information content (AvgIpc) is 3.13. The number of amides is 1. The highest BCUT2D eigenvalue weighted by atomic mass is 32.2. The van der Waals surface area contributed by atoms with Crippen LogP contribution in [0.25, 0.3) is 10.2 Å². The van der Waals surface area contributed by atoms with Gasteiger partial charge in [0.15, 0.2) is 4.80 Å². The van der Waals surface area contributed by atoms with Crippen molar-refractivity contribution < 1.29 is 18.1 Å². The van der Waals surface area contributed by atoms with Crippen molar-refractivity contribution in [1.82, 2.24) is 8.87 Å². The number of aromatic nitrogens is 1. The van der Waals surface area contributed by atoms with Gasteiger partial charge >= 0.3 is 0 Å². The summed E-state index contributed by atoms with van der Waals surface area (Å²) in [5.41, 5.74) is 1.01. The molecule has 0 N–H and O–H groups in total. The van der Waals surface area contributed by atoms with E-state index in [2.05, 4.69) is 4.99 Å². The number of thiazole rings is 1. The van der Waals surface area contributed by atoms with Crippen molar-refractivity contribution in [3.8, 4) is 0 Å². The lowest BCUT2D eigenvalue weighted by Crippen LogP contribution is -2.27. The van der Waals surface area contributed by atoms with Crippen molar-refractivity contribution >= 4 is 43.2 Å². The monoisotopic (exact) mass is 490 g/mol. The molecule has 3 rings (SSSR count). The third-order valence-electron chi connectivity index (χ3n) is 5.16. The third-order valence-corrected chi connectivity index (χ3v) is 8.07. The summed E-state index contributed by atoms with van der Waals surface area (Å²) in [6, 6.07) is 10.3. The van der Waals surface area contributed by atoms with E-state index in [-0.39, 0.29) is 16.1 Å². The highest BCUT2D eigenvalue weighted by molar-refractivity contribution is 7.89. The van der Waals surface area contributed by atoms with Crippen molar-refractivity contribution in [3.05, 3.63) is 62.9 Å². The molecule has 0 aliphatic rings. The quantitative estimate of drug-likeness (QED) is 0.330. The number of rotatable bonds is 9. The fraction of sp³-hybridized carbons (Fsp3) is 0.364. The maximum Gasteiger partial charge on any atom is 0.279 e. The smallest absolute Gasteiger partial charge is 0.279 e. The Morgan fingerprint density at radius 3 is 2.45 bits per heavy atom. The Morgan fingerprint density at radius 1 is 1.15 bits per heavy atom. The van der Waals surface area contributed by atoms with Crippen LogP contribution in [-0.4, -0.2) is 41.7 Å². The number of nitro benzene ring substituents is 1. The van der Waals surface area contributed by atoms with Gasteiger partial charge in [0.25, 0.3) is 11.6 Å². The highest BCUT2D eigenvalue weighted by Gasteiger charge is 2.20. The maximum absolute atomic E-state index is 12.8. The molecule has 0 unspecified atom stereocenters. The Hall–Kier alpha value is -2.89. The van der Waals surface area contributed by atoms with Crippen molar-refractivity contribution in [3.63, 3.8) is 0 Å². The second-order valence-corrected chi connectivity index (χ2v) is 10.6. The Balaban J connectivity index is 1.95. The van der Waals surface area contributed by atoms with Crippen LogP contribution in [0.1, 0.15) is 43.5 Å². The molecular weight excluding hydrogens is 464 g/mol. The van der Waals surface area contributed by atoms with Gasteiger partial charge < -0.3 is 4.57 Å². The Kier molecular flexibility index (Phi) is 7.77. The summed E-state index contributed by atoms with van der Waals surface area (Å²) in [7, 11) is -2.08. The molecule has 11 heteroatoms. The molecule has 0 aliphatic heterocycles. The fourth-order valence-electron chi connectivity index (χ4n) is 3.30. The number of sulfonamides is 1. The maximum atomic E-state index is 12.8. The standard InChI is InChI=1S/C22H26N4O5S2/c1-4-6-14-24(3)33(30,31)18-10-7-16(8-11-18)21(27)23-22-25(13-5-2)19-12-9-17(26(28)29)15-20(19)32-22/h7-12,15H,4-6,13-14H2,1-3H3. The molecular formula is C22H26N4O5S2. The molecule has 9 nitrogen and oxygen atoms in total. The molecule has 176 valence electrons. The summed E-state index contributed by atoms with van der Waals surface area (Å²) >= 11 is 1.21. The first kappa shape index (κ1) is 24.7. The number of carbonyl (C=O) groups is 1. The van der Waals surface area contributed by atoms with Gasteiger partial charge in [0.2, 0.25) is 10.0 Å². The number of nitrogens with zero attached hydrogens (tertiary/aromatic N) is 4. The number of hydrogen-bond acceptors (Lipinski definition) is 6. The molecule has 0 spiro atoms. The first-order chi connectivity index (χ1) is 15.7. The van der Waals surface area contributed by atoms with Crippen LogP contribution in [-0.2, 0) is 16.6 Å². The average molecular weight is 491 g/mol. The van der Waals surface area contributed by atoms with Crippen LogP contribution >= 0.6 is 11.3 Å². The summed E-state index contributed by atoms with van der Waals surface area (Å²) in [6.45, 7) is 5.01. The fourth-order valence-corrected chi connectivity index (χ4v) is 5.60. The lowest BCUT2D eigenvalue weighted by molar-refractivity contribution is -0.384. The van der Waals surface area contributed by atoms with Crippen molar-refractivity contribution in [2.24, 2.45) is 4.99 Å². The van der Waals surface area contributed by atoms with E-state index in [1.165, 1.54) is 59.1 Å². The molecule has 0 aliphatic carbocycles. The largest absolute Gasteiger partial charge is 0.316 e. The first-order valence-electron chi connectivity index (χ1n) is 10.6. The van der Waals surface area contributed by atoms with E-state index in [0.717, 1.165) is 24.8 Å². The van der Waals surface area contributed by atoms with E-state index >= 15 is 0 Å². The topological polar surface area (TPSA) is 115 Å². The van der Waals surface area contributed by atoms with Crippen LogP contribution < -0.4 is 4.80 Å². The minimum atomic E-state index is -3.62. The van der Waals surface area contributed by atoms with Gasteiger partial charge in [0.1, 0.15) is 0 Å². The van der Waals surface area contributed by atoms with Crippen LogP contribution in [0.2, 0.25) is 0 Å². The number of carbonyl (C=O) groups excluding carboxylic acids is 1. The number of hydrogen-bond donors (Lipinski definition) is 0. The Labute approximate surface area is 196 Å². The first-order valence-corrected chi connectivity index (χ1v) is 12.9. The Morgan fingerprint density at radius 2 is 1.85 bits per heavy atom. The third kappa shape index (κ3) is 5.37. The predicted octanol–water partition coefficient (Wildman–Crippen LogP) is 4.18. The molecule has 2 aromatic carbocycles. The zero-order chi connectivity index (χ0) is 24.2. The molecule has 0 bridgehead atoms. The summed E-state index contributed by atoms with van der Waals surface area (Å²) < 4.78 is 29.2. The molecule has 0 saturated heterocycles. The molecule has 1 amide bonds. The minimum Gasteiger partial charge on any atom is -0.316 e. The normalized spacial score (nSPS) is 12.5. The van der Waals surface area contributed by atoms with Crippen LogP contribution in [0, 0.1) is 10.1 Å². The number of aryl methyl sites for hydroxylation is 1. The predicted molar refractivity (Wildman–Crippen MR) is 128 cm³/mol. The van der Waals surface area contributed by atoms with Gasteiger partial charge in [-0.25, -0.2) is 12.7 Å². The number of benzene rings is 2.